The van der Waals surface area contributed by atoms with Crippen molar-refractivity contribution >= 4 is 33.0 Å². The molecule has 0 fully saturated rings. The van der Waals surface area contributed by atoms with Crippen LogP contribution in [-0.4, -0.2) is 35.3 Å². The van der Waals surface area contributed by atoms with Gasteiger partial charge in [-0.25, -0.2) is 9.37 Å². The lowest BCUT2D eigenvalue weighted by Gasteiger charge is -2.08. The molecular weight excluding hydrogens is 431 g/mol. The van der Waals surface area contributed by atoms with Gasteiger partial charge in [0.25, 0.3) is 0 Å². The summed E-state index contributed by atoms with van der Waals surface area (Å²) in [4.78, 5) is 29.8. The predicted molar refractivity (Wildman–Crippen MR) is 121 cm³/mol. The molecule has 4 aromatic rings. The number of fused-ring (bicyclic) bond motifs is 1. The average molecular weight is 453 g/mol. The number of aromatic nitrogens is 2. The Kier molecular flexibility index (Phi) is 6.05. The van der Waals surface area contributed by atoms with Crippen LogP contribution in [0.4, 0.5) is 4.39 Å². The summed E-state index contributed by atoms with van der Waals surface area (Å²) in [6.07, 6.45) is 1.72. The highest BCUT2D eigenvalue weighted by atomic mass is 32.1. The minimum atomic E-state index is -0.280. The molecule has 0 radical (unpaired) electrons. The number of halogens is 1. The number of ketones is 2. The zero-order chi connectivity index (χ0) is 22.8. The van der Waals surface area contributed by atoms with Crippen molar-refractivity contribution in [3.05, 3.63) is 65.0 Å². The molecule has 0 bridgehead atoms. The fourth-order valence-corrected chi connectivity index (χ4v) is 4.51. The summed E-state index contributed by atoms with van der Waals surface area (Å²) < 4.78 is 26.8. The Morgan fingerprint density at radius 2 is 1.81 bits per heavy atom. The third-order valence-corrected chi connectivity index (χ3v) is 6.24. The summed E-state index contributed by atoms with van der Waals surface area (Å²) in [6, 6.07) is 9.82. The van der Waals surface area contributed by atoms with Gasteiger partial charge in [-0.2, -0.15) is 0 Å². The van der Waals surface area contributed by atoms with E-state index in [2.05, 4.69) is 4.98 Å². The maximum Gasteiger partial charge on any atom is 0.183 e. The fourth-order valence-electron chi connectivity index (χ4n) is 3.56. The third-order valence-electron chi connectivity index (χ3n) is 5.24. The van der Waals surface area contributed by atoms with E-state index < -0.39 is 0 Å². The number of aryl methyl sites for hydroxylation is 1. The SMILES string of the molecule is COc1ccc(C(=O)CCC(=O)c2cn(C)c(-c3csc4c(F)cccc34)n2)cc1OC. The van der Waals surface area contributed by atoms with Crippen LogP contribution in [0.3, 0.4) is 0 Å². The first-order valence-corrected chi connectivity index (χ1v) is 10.8. The van der Waals surface area contributed by atoms with Crippen molar-refractivity contribution in [3.63, 3.8) is 0 Å². The number of nitrogens with zero attached hydrogens (tertiary/aromatic N) is 2. The molecule has 0 saturated carbocycles. The molecule has 2 aromatic carbocycles. The van der Waals surface area contributed by atoms with Crippen molar-refractivity contribution < 1.29 is 23.5 Å². The molecule has 8 heteroatoms. The summed E-state index contributed by atoms with van der Waals surface area (Å²) in [6.45, 7) is 0. The number of hydrogen-bond acceptors (Lipinski definition) is 6. The van der Waals surface area contributed by atoms with Crippen LogP contribution in [0.15, 0.2) is 48.0 Å². The van der Waals surface area contributed by atoms with Crippen LogP contribution in [0.1, 0.15) is 33.7 Å². The first-order chi connectivity index (χ1) is 15.4. The number of imidazole rings is 1. The summed E-state index contributed by atoms with van der Waals surface area (Å²) in [5.41, 5.74) is 1.50. The van der Waals surface area contributed by atoms with Crippen molar-refractivity contribution in [1.29, 1.82) is 0 Å². The minimum absolute atomic E-state index is 0.0304. The quantitative estimate of drug-likeness (QED) is 0.339. The standard InChI is InChI=1S/C24H21FN2O4S/c1-27-12-18(26-24(27)16-13-32-23-15(16)5-4-6-17(23)25)20(29)9-8-19(28)14-7-10-21(30-2)22(11-14)31-3/h4-7,10-13H,8-9H2,1-3H3. The van der Waals surface area contributed by atoms with E-state index in [1.807, 2.05) is 11.4 Å². The molecule has 2 aromatic heterocycles. The maximum absolute atomic E-state index is 14.0. The third kappa shape index (κ3) is 4.01. The first kappa shape index (κ1) is 21.7. The van der Waals surface area contributed by atoms with Crippen LogP contribution in [0.5, 0.6) is 11.5 Å². The number of carbonyl (C=O) groups excluding carboxylic acids is 2. The van der Waals surface area contributed by atoms with Crippen LogP contribution in [0, 0.1) is 5.82 Å². The number of ether oxygens (including phenoxy) is 2. The van der Waals surface area contributed by atoms with Crippen molar-refractivity contribution in [3.8, 4) is 22.9 Å². The normalized spacial score (nSPS) is 11.0. The molecule has 0 aliphatic rings. The van der Waals surface area contributed by atoms with E-state index in [4.69, 9.17) is 9.47 Å². The molecule has 0 N–H and O–H groups in total. The zero-order valence-electron chi connectivity index (χ0n) is 17.8. The molecule has 164 valence electrons. The molecular formula is C24H21FN2O4S. The van der Waals surface area contributed by atoms with Gasteiger partial charge in [0.15, 0.2) is 23.1 Å². The Morgan fingerprint density at radius 1 is 1.06 bits per heavy atom. The Hall–Kier alpha value is -3.52. The smallest absolute Gasteiger partial charge is 0.183 e. The number of thiophene rings is 1. The molecule has 2 heterocycles. The number of benzene rings is 2. The highest BCUT2D eigenvalue weighted by Gasteiger charge is 2.19. The van der Waals surface area contributed by atoms with E-state index in [1.54, 1.807) is 42.1 Å². The summed E-state index contributed by atoms with van der Waals surface area (Å²) in [5, 5.41) is 2.59. The van der Waals surface area contributed by atoms with Gasteiger partial charge in [0.1, 0.15) is 17.3 Å². The Balaban J connectivity index is 1.50. The van der Waals surface area contributed by atoms with Crippen molar-refractivity contribution in [2.75, 3.05) is 14.2 Å². The van der Waals surface area contributed by atoms with Gasteiger partial charge < -0.3 is 14.0 Å². The molecule has 6 nitrogen and oxygen atoms in total. The predicted octanol–water partition coefficient (Wildman–Crippen LogP) is 5.30. The molecule has 4 rings (SSSR count). The number of hydrogen-bond donors (Lipinski definition) is 0. The largest absolute Gasteiger partial charge is 0.493 e. The lowest BCUT2D eigenvalue weighted by Crippen LogP contribution is -2.06. The lowest BCUT2D eigenvalue weighted by molar-refractivity contribution is 0.0915. The molecule has 0 spiro atoms. The highest BCUT2D eigenvalue weighted by Crippen LogP contribution is 2.35. The molecule has 0 amide bonds. The van der Waals surface area contributed by atoms with Crippen LogP contribution in [0.25, 0.3) is 21.5 Å². The Bertz CT molecular complexity index is 1330. The first-order valence-electron chi connectivity index (χ1n) is 9.90. The highest BCUT2D eigenvalue weighted by molar-refractivity contribution is 7.17. The molecule has 0 aliphatic heterocycles. The van der Waals surface area contributed by atoms with E-state index in [0.717, 1.165) is 10.9 Å². The van der Waals surface area contributed by atoms with E-state index >= 15 is 0 Å². The van der Waals surface area contributed by atoms with Gasteiger partial charge >= 0.3 is 0 Å². The topological polar surface area (TPSA) is 70.4 Å². The van der Waals surface area contributed by atoms with Crippen LogP contribution < -0.4 is 9.47 Å². The number of methoxy groups -OCH3 is 2. The van der Waals surface area contributed by atoms with E-state index in [1.165, 1.54) is 31.6 Å². The second-order valence-corrected chi connectivity index (χ2v) is 8.12. The van der Waals surface area contributed by atoms with Gasteiger partial charge in [-0.05, 0) is 24.3 Å². The van der Waals surface area contributed by atoms with Gasteiger partial charge in [-0.3, -0.25) is 9.59 Å². The van der Waals surface area contributed by atoms with E-state index in [-0.39, 0.29) is 35.9 Å². The van der Waals surface area contributed by atoms with Crippen LogP contribution >= 0.6 is 11.3 Å². The number of carbonyl (C=O) groups is 2. The van der Waals surface area contributed by atoms with Crippen molar-refractivity contribution in [1.82, 2.24) is 9.55 Å². The van der Waals surface area contributed by atoms with Crippen molar-refractivity contribution in [2.24, 2.45) is 7.05 Å². The Morgan fingerprint density at radius 3 is 2.56 bits per heavy atom. The molecule has 0 unspecified atom stereocenters. The van der Waals surface area contributed by atoms with Gasteiger partial charge in [-0.15, -0.1) is 11.3 Å². The second kappa shape index (κ2) is 8.92. The minimum Gasteiger partial charge on any atom is -0.493 e. The summed E-state index contributed by atoms with van der Waals surface area (Å²) in [7, 11) is 4.81. The van der Waals surface area contributed by atoms with E-state index in [0.29, 0.717) is 27.6 Å². The zero-order valence-corrected chi connectivity index (χ0v) is 18.7. The summed E-state index contributed by atoms with van der Waals surface area (Å²) in [5.74, 6) is 0.885. The second-order valence-electron chi connectivity index (χ2n) is 7.24. The van der Waals surface area contributed by atoms with Gasteiger partial charge in [-0.1, -0.05) is 12.1 Å². The van der Waals surface area contributed by atoms with Gasteiger partial charge in [0.05, 0.1) is 18.9 Å². The summed E-state index contributed by atoms with van der Waals surface area (Å²) >= 11 is 1.30. The number of rotatable bonds is 8. The van der Waals surface area contributed by atoms with Gasteiger partial charge in [0, 0.05) is 48.0 Å². The van der Waals surface area contributed by atoms with Crippen LogP contribution in [-0.2, 0) is 7.05 Å². The monoisotopic (exact) mass is 452 g/mol. The maximum atomic E-state index is 14.0. The van der Waals surface area contributed by atoms with E-state index in [9.17, 15) is 14.0 Å². The molecule has 0 aliphatic carbocycles. The molecule has 32 heavy (non-hydrogen) atoms. The average Bonchev–Trinajstić information content (AvgIpc) is 3.40. The van der Waals surface area contributed by atoms with Crippen molar-refractivity contribution in [2.45, 2.75) is 12.8 Å². The lowest BCUT2D eigenvalue weighted by atomic mass is 10.0. The Labute approximate surface area is 188 Å². The number of Topliss-reactive ketones (excluding diaryl/α,β-unsaturated/α-hetero) is 2. The fraction of sp³-hybridized carbons (Fsp3) is 0.208. The molecule has 0 saturated heterocycles. The van der Waals surface area contributed by atoms with Gasteiger partial charge in [0.2, 0.25) is 0 Å². The molecule has 0 atom stereocenters. The van der Waals surface area contributed by atoms with Crippen LogP contribution in [0.2, 0.25) is 0 Å².